The molecule has 1 N–H and O–H groups in total. The lowest BCUT2D eigenvalue weighted by Crippen LogP contribution is -2.29. The van der Waals surface area contributed by atoms with Gasteiger partial charge in [-0.05, 0) is 54.4 Å². The molecule has 0 unspecified atom stereocenters. The molecule has 3 rings (SSSR count). The van der Waals surface area contributed by atoms with Crippen molar-refractivity contribution in [2.45, 2.75) is 32.6 Å². The minimum Gasteiger partial charge on any atom is -0.326 e. The highest BCUT2D eigenvalue weighted by Crippen LogP contribution is 2.26. The van der Waals surface area contributed by atoms with Gasteiger partial charge in [0, 0.05) is 23.7 Å². The normalized spacial score (nSPS) is 13.4. The standard InChI is InChI=1S/C19H24N2OS/c1-2-10-21(12-9-16-6-4-13-23-16)11-8-15-5-3-7-18-17(15)14-19(22)20-18/h3-7,13H,2,8-12,14H2,1H3,(H,20,22). The van der Waals surface area contributed by atoms with Crippen LogP contribution in [0.4, 0.5) is 5.69 Å². The van der Waals surface area contributed by atoms with Gasteiger partial charge in [-0.3, -0.25) is 4.79 Å². The number of benzene rings is 1. The minimum atomic E-state index is 0.121. The molecule has 1 aromatic heterocycles. The number of thiophene rings is 1. The maximum Gasteiger partial charge on any atom is 0.228 e. The molecule has 0 spiro atoms. The van der Waals surface area contributed by atoms with E-state index in [0.29, 0.717) is 6.42 Å². The van der Waals surface area contributed by atoms with Crippen LogP contribution < -0.4 is 5.32 Å². The van der Waals surface area contributed by atoms with Gasteiger partial charge in [0.2, 0.25) is 5.91 Å². The van der Waals surface area contributed by atoms with Gasteiger partial charge in [-0.25, -0.2) is 0 Å². The number of anilines is 1. The molecule has 122 valence electrons. The molecule has 4 heteroatoms. The number of nitrogens with one attached hydrogen (secondary N) is 1. The van der Waals surface area contributed by atoms with Crippen LogP contribution in [0.15, 0.2) is 35.7 Å². The summed E-state index contributed by atoms with van der Waals surface area (Å²) in [6.45, 7) is 5.54. The fourth-order valence-electron chi connectivity index (χ4n) is 3.20. The van der Waals surface area contributed by atoms with Gasteiger partial charge < -0.3 is 10.2 Å². The van der Waals surface area contributed by atoms with Gasteiger partial charge >= 0.3 is 0 Å². The zero-order chi connectivity index (χ0) is 16.1. The van der Waals surface area contributed by atoms with Gasteiger partial charge in [-0.15, -0.1) is 11.3 Å². The predicted octanol–water partition coefficient (Wildman–Crippen LogP) is 3.74. The topological polar surface area (TPSA) is 32.3 Å². The van der Waals surface area contributed by atoms with E-state index in [1.54, 1.807) is 0 Å². The molecule has 2 heterocycles. The second kappa shape index (κ2) is 7.75. The maximum absolute atomic E-state index is 11.6. The fraction of sp³-hybridized carbons (Fsp3) is 0.421. The molecule has 23 heavy (non-hydrogen) atoms. The van der Waals surface area contributed by atoms with Crippen LogP contribution in [0.3, 0.4) is 0 Å². The van der Waals surface area contributed by atoms with Gasteiger partial charge in [0.25, 0.3) is 0 Å². The van der Waals surface area contributed by atoms with Crippen molar-refractivity contribution in [1.29, 1.82) is 0 Å². The first-order valence-corrected chi connectivity index (χ1v) is 9.29. The fourth-order valence-corrected chi connectivity index (χ4v) is 3.90. The lowest BCUT2D eigenvalue weighted by Gasteiger charge is -2.22. The molecule has 0 aliphatic carbocycles. The number of fused-ring (bicyclic) bond motifs is 1. The predicted molar refractivity (Wildman–Crippen MR) is 97.2 cm³/mol. The highest BCUT2D eigenvalue weighted by molar-refractivity contribution is 7.09. The van der Waals surface area contributed by atoms with Crippen molar-refractivity contribution >= 4 is 22.9 Å². The summed E-state index contributed by atoms with van der Waals surface area (Å²) in [5.74, 6) is 0.121. The van der Waals surface area contributed by atoms with E-state index in [2.05, 4.69) is 46.8 Å². The van der Waals surface area contributed by atoms with Gasteiger partial charge in [-0.1, -0.05) is 25.1 Å². The first-order valence-electron chi connectivity index (χ1n) is 8.41. The quantitative estimate of drug-likeness (QED) is 0.800. The molecule has 3 nitrogen and oxygen atoms in total. The highest BCUT2D eigenvalue weighted by Gasteiger charge is 2.20. The Bertz CT molecular complexity index is 651. The van der Waals surface area contributed by atoms with Crippen LogP contribution >= 0.6 is 11.3 Å². The molecule has 1 amide bonds. The third kappa shape index (κ3) is 4.21. The summed E-state index contributed by atoms with van der Waals surface area (Å²) in [7, 11) is 0. The molecule has 0 radical (unpaired) electrons. The number of carbonyl (C=O) groups excluding carboxylic acids is 1. The molecule has 0 fully saturated rings. The monoisotopic (exact) mass is 328 g/mol. The number of carbonyl (C=O) groups is 1. The van der Waals surface area contributed by atoms with Crippen LogP contribution in [-0.2, 0) is 24.1 Å². The van der Waals surface area contributed by atoms with Crippen molar-refractivity contribution in [3.05, 3.63) is 51.7 Å². The molecule has 0 bridgehead atoms. The summed E-state index contributed by atoms with van der Waals surface area (Å²) in [6, 6.07) is 10.6. The molecule has 0 saturated carbocycles. The van der Waals surface area contributed by atoms with Crippen LogP contribution in [0.2, 0.25) is 0 Å². The van der Waals surface area contributed by atoms with E-state index in [-0.39, 0.29) is 5.91 Å². The average molecular weight is 328 g/mol. The summed E-state index contributed by atoms with van der Waals surface area (Å²) in [6.07, 6.45) is 3.86. The van der Waals surface area contributed by atoms with Gasteiger partial charge in [0.1, 0.15) is 0 Å². The summed E-state index contributed by atoms with van der Waals surface area (Å²) >= 11 is 1.84. The van der Waals surface area contributed by atoms with Crippen LogP contribution in [-0.4, -0.2) is 30.4 Å². The highest BCUT2D eigenvalue weighted by atomic mass is 32.1. The Labute approximate surface area is 142 Å². The summed E-state index contributed by atoms with van der Waals surface area (Å²) in [5.41, 5.74) is 3.53. The Morgan fingerprint density at radius 3 is 2.78 bits per heavy atom. The van der Waals surface area contributed by atoms with Crippen LogP contribution in [0.25, 0.3) is 0 Å². The average Bonchev–Trinajstić information content (AvgIpc) is 3.18. The second-order valence-corrected chi connectivity index (χ2v) is 7.12. The molecule has 0 atom stereocenters. The van der Waals surface area contributed by atoms with Gasteiger partial charge in [0.05, 0.1) is 6.42 Å². The summed E-state index contributed by atoms with van der Waals surface area (Å²) in [5, 5.41) is 5.09. The van der Waals surface area contributed by atoms with Crippen LogP contribution in [0.1, 0.15) is 29.3 Å². The van der Waals surface area contributed by atoms with E-state index in [4.69, 9.17) is 0 Å². The molecular formula is C19H24N2OS. The van der Waals surface area contributed by atoms with E-state index >= 15 is 0 Å². The molecule has 2 aromatic rings. The minimum absolute atomic E-state index is 0.121. The molecule has 1 aliphatic heterocycles. The molecular weight excluding hydrogens is 304 g/mol. The van der Waals surface area contributed by atoms with Crippen LogP contribution in [0, 0.1) is 0 Å². The van der Waals surface area contributed by atoms with Crippen molar-refractivity contribution in [3.8, 4) is 0 Å². The molecule has 1 aliphatic rings. The first-order chi connectivity index (χ1) is 11.3. The Hall–Kier alpha value is -1.65. The first kappa shape index (κ1) is 16.2. The Morgan fingerprint density at radius 1 is 1.13 bits per heavy atom. The van der Waals surface area contributed by atoms with Gasteiger partial charge in [0.15, 0.2) is 0 Å². The number of hydrogen-bond acceptors (Lipinski definition) is 3. The van der Waals surface area contributed by atoms with Crippen molar-refractivity contribution in [2.75, 3.05) is 25.0 Å². The third-order valence-corrected chi connectivity index (χ3v) is 5.31. The van der Waals surface area contributed by atoms with Crippen LogP contribution in [0.5, 0.6) is 0 Å². The lowest BCUT2D eigenvalue weighted by molar-refractivity contribution is -0.115. The van der Waals surface area contributed by atoms with E-state index in [9.17, 15) is 4.79 Å². The van der Waals surface area contributed by atoms with E-state index in [1.165, 1.54) is 22.4 Å². The van der Waals surface area contributed by atoms with Crippen molar-refractivity contribution < 1.29 is 4.79 Å². The van der Waals surface area contributed by atoms with Crippen molar-refractivity contribution in [2.24, 2.45) is 0 Å². The Morgan fingerprint density at radius 2 is 2.00 bits per heavy atom. The zero-order valence-corrected chi connectivity index (χ0v) is 14.5. The zero-order valence-electron chi connectivity index (χ0n) is 13.7. The number of rotatable bonds is 8. The van der Waals surface area contributed by atoms with Crippen molar-refractivity contribution in [3.63, 3.8) is 0 Å². The summed E-state index contributed by atoms with van der Waals surface area (Å²) in [4.78, 5) is 15.6. The third-order valence-electron chi connectivity index (χ3n) is 4.38. The second-order valence-electron chi connectivity index (χ2n) is 6.09. The number of amides is 1. The number of hydrogen-bond donors (Lipinski definition) is 1. The largest absolute Gasteiger partial charge is 0.326 e. The van der Waals surface area contributed by atoms with Crippen molar-refractivity contribution in [1.82, 2.24) is 4.90 Å². The lowest BCUT2D eigenvalue weighted by atomic mass is 10.0. The maximum atomic E-state index is 11.6. The molecule has 0 saturated heterocycles. The number of nitrogens with zero attached hydrogens (tertiary/aromatic N) is 1. The van der Waals surface area contributed by atoms with Gasteiger partial charge in [-0.2, -0.15) is 0 Å². The van der Waals surface area contributed by atoms with E-state index in [0.717, 1.165) is 38.2 Å². The SMILES string of the molecule is CCCN(CCc1cccs1)CCc1cccc2c1CC(=O)N2. The summed E-state index contributed by atoms with van der Waals surface area (Å²) < 4.78 is 0. The van der Waals surface area contributed by atoms with E-state index in [1.807, 2.05) is 17.4 Å². The smallest absolute Gasteiger partial charge is 0.228 e. The van der Waals surface area contributed by atoms with E-state index < -0.39 is 0 Å². The Kier molecular flexibility index (Phi) is 5.47. The Balaban J connectivity index is 1.59. The molecule has 1 aromatic carbocycles.